The van der Waals surface area contributed by atoms with E-state index in [-0.39, 0.29) is 5.56 Å². The van der Waals surface area contributed by atoms with Crippen LogP contribution >= 0.6 is 56.8 Å². The average molecular weight is 563 g/mol. The summed E-state index contributed by atoms with van der Waals surface area (Å²) in [6, 6.07) is 11.5. The Kier molecular flexibility index (Phi) is 5.61. The molecule has 2 heterocycles. The molecule has 4 aromatic rings. The maximum Gasteiger partial charge on any atom is 0.258 e. The molecule has 120 valence electrons. The van der Waals surface area contributed by atoms with Gasteiger partial charge in [0.25, 0.3) is 5.56 Å². The molecule has 0 unspecified atom stereocenters. The summed E-state index contributed by atoms with van der Waals surface area (Å²) in [6.45, 7) is 0. The number of nitrogens with one attached hydrogen (secondary N) is 1. The van der Waals surface area contributed by atoms with E-state index in [4.69, 9.17) is 11.6 Å². The first-order chi connectivity index (χ1) is 11.5. The molecular weight excluding hydrogens is 553 g/mol. The van der Waals surface area contributed by atoms with E-state index < -0.39 is 0 Å². The summed E-state index contributed by atoms with van der Waals surface area (Å²) >= 11 is 10.3. The first kappa shape index (κ1) is 17.5. The molecule has 0 amide bonds. The number of aromatic amines is 1. The third-order valence-electron chi connectivity index (χ3n) is 3.15. The van der Waals surface area contributed by atoms with E-state index in [1.165, 1.54) is 12.7 Å². The highest BCUT2D eigenvalue weighted by Crippen LogP contribution is 2.20. The van der Waals surface area contributed by atoms with Crippen LogP contribution in [0.1, 0.15) is 0 Å². The Morgan fingerprint density at radius 2 is 1.50 bits per heavy atom. The van der Waals surface area contributed by atoms with Gasteiger partial charge in [-0.25, -0.2) is 15.0 Å². The predicted octanol–water partition coefficient (Wildman–Crippen LogP) is 4.42. The van der Waals surface area contributed by atoms with Gasteiger partial charge in [-0.05, 0) is 81.6 Å². The van der Waals surface area contributed by atoms with Crippen LogP contribution in [-0.4, -0.2) is 19.9 Å². The molecule has 0 radical (unpaired) electrons. The minimum atomic E-state index is -0.0847. The smallest absolute Gasteiger partial charge is 0.258 e. The Balaban J connectivity index is 0.000000141. The fraction of sp³-hybridized carbons (Fsp3) is 0. The summed E-state index contributed by atoms with van der Waals surface area (Å²) in [5.74, 6) is 0. The lowest BCUT2D eigenvalue weighted by atomic mass is 10.2. The van der Waals surface area contributed by atoms with E-state index in [2.05, 4.69) is 65.1 Å². The minimum absolute atomic E-state index is 0.0847. The fourth-order valence-electron chi connectivity index (χ4n) is 2.04. The average Bonchev–Trinajstić information content (AvgIpc) is 2.57. The second-order valence-corrected chi connectivity index (χ2v) is 7.57. The number of benzene rings is 2. The molecular formula is C16H9ClI2N4O. The lowest BCUT2D eigenvalue weighted by Crippen LogP contribution is -2.05. The molecule has 0 aliphatic carbocycles. The summed E-state index contributed by atoms with van der Waals surface area (Å²) in [5.41, 5.74) is 1.54. The zero-order chi connectivity index (χ0) is 17.1. The molecule has 0 saturated heterocycles. The maximum absolute atomic E-state index is 11.2. The van der Waals surface area contributed by atoms with Crippen LogP contribution < -0.4 is 5.56 Å². The van der Waals surface area contributed by atoms with E-state index in [1.54, 1.807) is 0 Å². The molecule has 2 aromatic heterocycles. The van der Waals surface area contributed by atoms with Crippen LogP contribution in [0.25, 0.3) is 21.8 Å². The number of H-pyrrole nitrogens is 1. The van der Waals surface area contributed by atoms with Crippen LogP contribution in [0.3, 0.4) is 0 Å². The normalized spacial score (nSPS) is 10.5. The zero-order valence-electron chi connectivity index (χ0n) is 12.0. The Morgan fingerprint density at radius 3 is 2.21 bits per heavy atom. The summed E-state index contributed by atoms with van der Waals surface area (Å²) in [7, 11) is 0. The number of aromatic nitrogens is 4. The molecule has 8 heteroatoms. The lowest BCUT2D eigenvalue weighted by molar-refractivity contribution is 1.17. The van der Waals surface area contributed by atoms with Crippen molar-refractivity contribution in [2.75, 3.05) is 0 Å². The maximum atomic E-state index is 11.2. The third kappa shape index (κ3) is 4.01. The summed E-state index contributed by atoms with van der Waals surface area (Å²) in [5, 5.41) is 2.06. The Labute approximate surface area is 169 Å². The van der Waals surface area contributed by atoms with Gasteiger partial charge in [0.05, 0.1) is 22.7 Å². The predicted molar refractivity (Wildman–Crippen MR) is 112 cm³/mol. The first-order valence-corrected chi connectivity index (χ1v) is 9.27. The molecule has 0 atom stereocenters. The molecule has 2 aromatic carbocycles. The van der Waals surface area contributed by atoms with E-state index in [9.17, 15) is 4.79 Å². The van der Waals surface area contributed by atoms with E-state index >= 15 is 0 Å². The topological polar surface area (TPSA) is 71.5 Å². The van der Waals surface area contributed by atoms with Gasteiger partial charge in [0.15, 0.2) is 0 Å². The standard InChI is InChI=1S/C8H4ClIN2.C8H5IN2O/c9-8-6-3-5(10)1-2-7(6)11-4-12-8;9-5-1-2-7-6(3-5)8(12)11-4-10-7/h1-4H;1-4H,(H,10,11,12). The lowest BCUT2D eigenvalue weighted by Gasteiger charge is -1.97. The van der Waals surface area contributed by atoms with Crippen molar-refractivity contribution in [3.8, 4) is 0 Å². The second-order valence-electron chi connectivity index (χ2n) is 4.72. The largest absolute Gasteiger partial charge is 0.313 e. The van der Waals surface area contributed by atoms with Crippen LogP contribution in [0.4, 0.5) is 0 Å². The van der Waals surface area contributed by atoms with Gasteiger partial charge in [-0.3, -0.25) is 4.79 Å². The first-order valence-electron chi connectivity index (χ1n) is 6.73. The van der Waals surface area contributed by atoms with Crippen molar-refractivity contribution in [2.45, 2.75) is 0 Å². The van der Waals surface area contributed by atoms with Crippen molar-refractivity contribution in [1.82, 2.24) is 19.9 Å². The highest BCUT2D eigenvalue weighted by molar-refractivity contribution is 14.1. The molecule has 0 aliphatic rings. The second kappa shape index (κ2) is 7.70. The summed E-state index contributed by atoms with van der Waals surface area (Å²) < 4.78 is 2.18. The van der Waals surface area contributed by atoms with Crippen molar-refractivity contribution >= 4 is 78.6 Å². The van der Waals surface area contributed by atoms with E-state index in [1.807, 2.05) is 36.4 Å². The van der Waals surface area contributed by atoms with Crippen molar-refractivity contribution in [3.63, 3.8) is 0 Å². The van der Waals surface area contributed by atoms with Crippen molar-refractivity contribution in [2.24, 2.45) is 0 Å². The fourth-order valence-corrected chi connectivity index (χ4v) is 3.22. The van der Waals surface area contributed by atoms with Gasteiger partial charge in [-0.15, -0.1) is 0 Å². The highest BCUT2D eigenvalue weighted by atomic mass is 127. The molecule has 1 N–H and O–H groups in total. The number of fused-ring (bicyclic) bond motifs is 2. The van der Waals surface area contributed by atoms with E-state index in [0.29, 0.717) is 10.5 Å². The molecule has 0 aliphatic heterocycles. The van der Waals surface area contributed by atoms with Crippen LogP contribution in [0.5, 0.6) is 0 Å². The number of hydrogen-bond acceptors (Lipinski definition) is 4. The number of halogens is 3. The number of rotatable bonds is 0. The monoisotopic (exact) mass is 562 g/mol. The van der Waals surface area contributed by atoms with Crippen molar-refractivity contribution < 1.29 is 0 Å². The molecule has 0 fully saturated rings. The van der Waals surface area contributed by atoms with Crippen LogP contribution in [0, 0.1) is 7.14 Å². The number of hydrogen-bond donors (Lipinski definition) is 1. The molecule has 0 bridgehead atoms. The molecule has 0 saturated carbocycles. The zero-order valence-corrected chi connectivity index (χ0v) is 17.1. The molecule has 4 rings (SSSR count). The van der Waals surface area contributed by atoms with Crippen molar-refractivity contribution in [1.29, 1.82) is 0 Å². The summed E-state index contributed by atoms with van der Waals surface area (Å²) in [4.78, 5) is 25.8. The number of nitrogens with zero attached hydrogens (tertiary/aromatic N) is 3. The third-order valence-corrected chi connectivity index (χ3v) is 4.79. The van der Waals surface area contributed by atoms with Crippen LogP contribution in [-0.2, 0) is 0 Å². The molecule has 0 spiro atoms. The van der Waals surface area contributed by atoms with Crippen LogP contribution in [0.2, 0.25) is 5.15 Å². The molecule has 24 heavy (non-hydrogen) atoms. The van der Waals surface area contributed by atoms with Gasteiger partial charge in [0.2, 0.25) is 0 Å². The van der Waals surface area contributed by atoms with Gasteiger partial charge in [0, 0.05) is 12.5 Å². The Bertz CT molecular complexity index is 1080. The van der Waals surface area contributed by atoms with Gasteiger partial charge in [-0.2, -0.15) is 0 Å². The van der Waals surface area contributed by atoms with Gasteiger partial charge >= 0.3 is 0 Å². The highest BCUT2D eigenvalue weighted by Gasteiger charge is 2.00. The Morgan fingerprint density at radius 1 is 0.875 bits per heavy atom. The van der Waals surface area contributed by atoms with Gasteiger partial charge in [0.1, 0.15) is 11.5 Å². The van der Waals surface area contributed by atoms with Crippen LogP contribution in [0.15, 0.2) is 53.8 Å². The SMILES string of the molecule is Clc1ncnc2ccc(I)cc12.O=c1[nH]cnc2ccc(I)cc12. The minimum Gasteiger partial charge on any atom is -0.313 e. The van der Waals surface area contributed by atoms with E-state index in [0.717, 1.165) is 23.6 Å². The van der Waals surface area contributed by atoms with Gasteiger partial charge < -0.3 is 4.98 Å². The quantitative estimate of drug-likeness (QED) is 0.255. The summed E-state index contributed by atoms with van der Waals surface area (Å²) in [6.07, 6.45) is 2.88. The van der Waals surface area contributed by atoms with Gasteiger partial charge in [-0.1, -0.05) is 11.6 Å². The molecule has 5 nitrogen and oxygen atoms in total. The Hall–Kier alpha value is -1.33. The van der Waals surface area contributed by atoms with Crippen molar-refractivity contribution in [3.05, 3.63) is 71.7 Å².